The number of nitrogens with two attached hydrogens (primary N) is 1. The summed E-state index contributed by atoms with van der Waals surface area (Å²) in [5.41, 5.74) is 7.10. The number of ether oxygens (including phenoxy) is 1. The highest BCUT2D eigenvalue weighted by Crippen LogP contribution is 2.23. The lowest BCUT2D eigenvalue weighted by Crippen LogP contribution is -2.09. The van der Waals surface area contributed by atoms with Gasteiger partial charge in [0, 0.05) is 4.47 Å². The van der Waals surface area contributed by atoms with Crippen LogP contribution in [0.25, 0.3) is 0 Å². The normalized spacial score (nSPS) is 10.2. The molecule has 0 unspecified atom stereocenters. The largest absolute Gasteiger partial charge is 0.423 e. The van der Waals surface area contributed by atoms with E-state index in [9.17, 15) is 4.79 Å². The lowest BCUT2D eigenvalue weighted by molar-refractivity contribution is 0.0734. The maximum atomic E-state index is 11.9. The maximum Gasteiger partial charge on any atom is 0.343 e. The van der Waals surface area contributed by atoms with Crippen LogP contribution < -0.4 is 10.5 Å². The lowest BCUT2D eigenvalue weighted by Gasteiger charge is -2.08. The maximum absolute atomic E-state index is 11.9. The molecule has 2 N–H and O–H groups in total. The van der Waals surface area contributed by atoms with Gasteiger partial charge in [-0.3, -0.25) is 0 Å². The summed E-state index contributed by atoms with van der Waals surface area (Å²) in [7, 11) is 0. The van der Waals surface area contributed by atoms with E-state index < -0.39 is 0 Å². The molecule has 0 aliphatic heterocycles. The molecule has 98 valence electrons. The minimum Gasteiger partial charge on any atom is -0.423 e. The van der Waals surface area contributed by atoms with Crippen molar-refractivity contribution in [3.05, 3.63) is 64.1 Å². The van der Waals surface area contributed by atoms with Crippen molar-refractivity contribution in [3.63, 3.8) is 0 Å². The van der Waals surface area contributed by atoms with Crippen LogP contribution in [0.15, 0.2) is 53.0 Å². The quantitative estimate of drug-likeness (QED) is 0.695. The van der Waals surface area contributed by atoms with Crippen molar-refractivity contribution in [2.24, 2.45) is 5.73 Å². The Kier molecular flexibility index (Phi) is 4.71. The number of hydrogen-bond acceptors (Lipinski definition) is 3. The van der Waals surface area contributed by atoms with E-state index in [2.05, 4.69) is 15.9 Å². The predicted octanol–water partition coefficient (Wildman–Crippen LogP) is 3.17. The van der Waals surface area contributed by atoms with E-state index in [0.717, 1.165) is 16.5 Å². The van der Waals surface area contributed by atoms with Gasteiger partial charge in [-0.2, -0.15) is 0 Å². The molecule has 0 aliphatic rings. The van der Waals surface area contributed by atoms with E-state index >= 15 is 0 Å². The summed E-state index contributed by atoms with van der Waals surface area (Å²) in [4.78, 5) is 11.9. The molecule has 4 heteroatoms. The van der Waals surface area contributed by atoms with E-state index in [0.29, 0.717) is 17.9 Å². The van der Waals surface area contributed by atoms with Gasteiger partial charge >= 0.3 is 5.97 Å². The van der Waals surface area contributed by atoms with Crippen molar-refractivity contribution in [2.45, 2.75) is 6.42 Å². The van der Waals surface area contributed by atoms with Gasteiger partial charge in [0.2, 0.25) is 0 Å². The molecule has 0 atom stereocenters. The first-order valence-corrected chi connectivity index (χ1v) is 6.75. The lowest BCUT2D eigenvalue weighted by atomic mass is 10.1. The smallest absolute Gasteiger partial charge is 0.343 e. The second kappa shape index (κ2) is 6.50. The Hall–Kier alpha value is -1.65. The number of benzene rings is 2. The fraction of sp³-hybridized carbons (Fsp3) is 0.133. The highest BCUT2D eigenvalue weighted by molar-refractivity contribution is 9.10. The van der Waals surface area contributed by atoms with Crippen LogP contribution in [0.3, 0.4) is 0 Å². The summed E-state index contributed by atoms with van der Waals surface area (Å²) in [6.45, 7) is 0.550. The monoisotopic (exact) mass is 319 g/mol. The van der Waals surface area contributed by atoms with Crippen LogP contribution in [0.2, 0.25) is 0 Å². The number of carbonyl (C=O) groups is 1. The zero-order chi connectivity index (χ0) is 13.7. The molecule has 0 aromatic heterocycles. The van der Waals surface area contributed by atoms with Gasteiger partial charge in [0.15, 0.2) is 0 Å². The van der Waals surface area contributed by atoms with Crippen LogP contribution in [0, 0.1) is 0 Å². The number of carbonyl (C=O) groups excluding carboxylic acids is 1. The highest BCUT2D eigenvalue weighted by Gasteiger charge is 2.09. The van der Waals surface area contributed by atoms with E-state index in [1.54, 1.807) is 30.3 Å². The molecule has 0 saturated heterocycles. The zero-order valence-electron chi connectivity index (χ0n) is 10.3. The van der Waals surface area contributed by atoms with Gasteiger partial charge in [-0.05, 0) is 48.9 Å². The van der Waals surface area contributed by atoms with Crippen LogP contribution in [-0.2, 0) is 6.42 Å². The van der Waals surface area contributed by atoms with Crippen molar-refractivity contribution in [3.8, 4) is 5.75 Å². The molecular weight excluding hydrogens is 306 g/mol. The van der Waals surface area contributed by atoms with Crippen molar-refractivity contribution in [1.82, 2.24) is 0 Å². The Morgan fingerprint density at radius 2 is 1.89 bits per heavy atom. The molecule has 0 saturated carbocycles. The van der Waals surface area contributed by atoms with Crippen LogP contribution in [0.4, 0.5) is 0 Å². The van der Waals surface area contributed by atoms with Crippen molar-refractivity contribution < 1.29 is 9.53 Å². The average molecular weight is 320 g/mol. The molecule has 0 bridgehead atoms. The Labute approximate surface area is 120 Å². The number of esters is 1. The van der Waals surface area contributed by atoms with Gasteiger partial charge in [-0.1, -0.05) is 34.1 Å². The zero-order valence-corrected chi connectivity index (χ0v) is 11.9. The van der Waals surface area contributed by atoms with Gasteiger partial charge in [-0.15, -0.1) is 0 Å². The minimum atomic E-state index is -0.360. The summed E-state index contributed by atoms with van der Waals surface area (Å²) >= 11 is 3.45. The van der Waals surface area contributed by atoms with Crippen LogP contribution >= 0.6 is 15.9 Å². The third-order valence-corrected chi connectivity index (χ3v) is 3.42. The molecule has 0 spiro atoms. The number of rotatable bonds is 4. The topological polar surface area (TPSA) is 52.3 Å². The Balaban J connectivity index is 2.15. The van der Waals surface area contributed by atoms with E-state index in [1.807, 2.05) is 18.2 Å². The molecule has 0 radical (unpaired) electrons. The molecule has 0 aliphatic carbocycles. The molecule has 2 rings (SSSR count). The molecule has 3 nitrogen and oxygen atoms in total. The van der Waals surface area contributed by atoms with Crippen molar-refractivity contribution in [2.75, 3.05) is 6.54 Å². The van der Waals surface area contributed by atoms with E-state index in [1.165, 1.54) is 0 Å². The molecule has 0 heterocycles. The SMILES string of the molecule is NCCc1cc(OC(=O)c2ccccc2)ccc1Br. The Morgan fingerprint density at radius 3 is 2.58 bits per heavy atom. The van der Waals surface area contributed by atoms with Crippen LogP contribution in [-0.4, -0.2) is 12.5 Å². The molecule has 2 aromatic carbocycles. The van der Waals surface area contributed by atoms with Gasteiger partial charge in [-0.25, -0.2) is 4.79 Å². The number of hydrogen-bond donors (Lipinski definition) is 1. The third kappa shape index (κ3) is 3.66. The van der Waals surface area contributed by atoms with Crippen LogP contribution in [0.5, 0.6) is 5.75 Å². The van der Waals surface area contributed by atoms with Crippen molar-refractivity contribution >= 4 is 21.9 Å². The van der Waals surface area contributed by atoms with Gasteiger partial charge < -0.3 is 10.5 Å². The first-order valence-electron chi connectivity index (χ1n) is 5.96. The van der Waals surface area contributed by atoms with Crippen LogP contribution in [0.1, 0.15) is 15.9 Å². The fourth-order valence-corrected chi connectivity index (χ4v) is 2.15. The second-order valence-electron chi connectivity index (χ2n) is 4.05. The third-order valence-electron chi connectivity index (χ3n) is 2.65. The molecule has 0 amide bonds. The first kappa shape index (κ1) is 13.8. The van der Waals surface area contributed by atoms with Gasteiger partial charge in [0.05, 0.1) is 5.56 Å². The summed E-state index contributed by atoms with van der Waals surface area (Å²) in [6.07, 6.45) is 0.733. The Morgan fingerprint density at radius 1 is 1.16 bits per heavy atom. The number of halogens is 1. The molecule has 2 aromatic rings. The molecule has 19 heavy (non-hydrogen) atoms. The summed E-state index contributed by atoms with van der Waals surface area (Å²) < 4.78 is 6.31. The minimum absolute atomic E-state index is 0.360. The van der Waals surface area contributed by atoms with Crippen molar-refractivity contribution in [1.29, 1.82) is 0 Å². The second-order valence-corrected chi connectivity index (χ2v) is 4.90. The molecule has 0 fully saturated rings. The van der Waals surface area contributed by atoms with Gasteiger partial charge in [0.25, 0.3) is 0 Å². The average Bonchev–Trinajstić information content (AvgIpc) is 2.44. The summed E-state index contributed by atoms with van der Waals surface area (Å²) in [6, 6.07) is 14.4. The fourth-order valence-electron chi connectivity index (χ4n) is 1.70. The van der Waals surface area contributed by atoms with E-state index in [4.69, 9.17) is 10.5 Å². The predicted molar refractivity (Wildman–Crippen MR) is 78.3 cm³/mol. The molecular formula is C15H14BrNO2. The van der Waals surface area contributed by atoms with Gasteiger partial charge in [0.1, 0.15) is 5.75 Å². The highest BCUT2D eigenvalue weighted by atomic mass is 79.9. The standard InChI is InChI=1S/C15H14BrNO2/c16-14-7-6-13(10-12(14)8-9-17)19-15(18)11-4-2-1-3-5-11/h1-7,10H,8-9,17H2. The van der Waals surface area contributed by atoms with E-state index in [-0.39, 0.29) is 5.97 Å². The summed E-state index contributed by atoms with van der Waals surface area (Å²) in [5, 5.41) is 0. The first-order chi connectivity index (χ1) is 9.20. The Bertz CT molecular complexity index is 570. The summed E-state index contributed by atoms with van der Waals surface area (Å²) in [5.74, 6) is 0.169.